The molecule has 100 valence electrons. The predicted molar refractivity (Wildman–Crippen MR) is 71.1 cm³/mol. The van der Waals surface area contributed by atoms with Gasteiger partial charge in [0.25, 0.3) is 0 Å². The minimum atomic E-state index is -0.853. The molecule has 18 heavy (non-hydrogen) atoms. The lowest BCUT2D eigenvalue weighted by molar-refractivity contribution is 0.0702. The number of carboxylic acid groups (broad SMARTS) is 1. The van der Waals surface area contributed by atoms with E-state index in [2.05, 4.69) is 5.32 Å². The summed E-state index contributed by atoms with van der Waals surface area (Å²) in [5.41, 5.74) is 1.37. The summed E-state index contributed by atoms with van der Waals surface area (Å²) in [4.78, 5) is 12.3. The Bertz CT molecular complexity index is 437. The third-order valence-corrected chi connectivity index (χ3v) is 4.73. The second kappa shape index (κ2) is 5.38. The maximum atomic E-state index is 10.9. The molecule has 0 unspecified atom stereocenters. The van der Waals surface area contributed by atoms with Crippen LogP contribution in [0.25, 0.3) is 0 Å². The predicted octanol–water partition coefficient (Wildman–Crippen LogP) is 2.01. The van der Waals surface area contributed by atoms with Crippen molar-refractivity contribution in [3.05, 3.63) is 21.4 Å². The van der Waals surface area contributed by atoms with E-state index in [0.29, 0.717) is 16.8 Å². The van der Waals surface area contributed by atoms with Gasteiger partial charge in [0.15, 0.2) is 0 Å². The van der Waals surface area contributed by atoms with Gasteiger partial charge in [-0.3, -0.25) is 0 Å². The molecule has 3 N–H and O–H groups in total. The first-order chi connectivity index (χ1) is 8.56. The van der Waals surface area contributed by atoms with Crippen molar-refractivity contribution in [3.63, 3.8) is 0 Å². The zero-order valence-corrected chi connectivity index (χ0v) is 11.3. The topological polar surface area (TPSA) is 69.6 Å². The van der Waals surface area contributed by atoms with Crippen molar-refractivity contribution in [1.82, 2.24) is 5.32 Å². The van der Waals surface area contributed by atoms with E-state index >= 15 is 0 Å². The van der Waals surface area contributed by atoms with Gasteiger partial charge >= 0.3 is 5.97 Å². The van der Waals surface area contributed by atoms with Crippen LogP contribution in [0.3, 0.4) is 0 Å². The summed E-state index contributed by atoms with van der Waals surface area (Å²) in [5, 5.41) is 21.3. The molecule has 1 aliphatic carbocycles. The third kappa shape index (κ3) is 3.10. The van der Waals surface area contributed by atoms with Crippen LogP contribution in [-0.2, 0) is 6.54 Å². The van der Waals surface area contributed by atoms with E-state index in [9.17, 15) is 4.79 Å². The summed E-state index contributed by atoms with van der Waals surface area (Å²) < 4.78 is 0. The molecule has 4 nitrogen and oxygen atoms in total. The second-order valence-electron chi connectivity index (χ2n) is 5.07. The highest BCUT2D eigenvalue weighted by atomic mass is 32.1. The van der Waals surface area contributed by atoms with Gasteiger partial charge in [0.05, 0.1) is 0 Å². The largest absolute Gasteiger partial charge is 0.477 e. The highest BCUT2D eigenvalue weighted by Crippen LogP contribution is 2.47. The number of rotatable bonds is 7. The zero-order valence-electron chi connectivity index (χ0n) is 10.5. The van der Waals surface area contributed by atoms with Crippen molar-refractivity contribution in [3.8, 4) is 0 Å². The summed E-state index contributed by atoms with van der Waals surface area (Å²) in [7, 11) is 0. The van der Waals surface area contributed by atoms with Crippen LogP contribution < -0.4 is 5.32 Å². The van der Waals surface area contributed by atoms with Crippen molar-refractivity contribution in [1.29, 1.82) is 0 Å². The molecule has 1 saturated carbocycles. The summed E-state index contributed by atoms with van der Waals surface area (Å²) in [6.45, 7) is 3.82. The van der Waals surface area contributed by atoms with Crippen LogP contribution in [0.1, 0.15) is 39.4 Å². The number of aromatic carboxylic acids is 1. The number of nitrogens with one attached hydrogen (secondary N) is 1. The van der Waals surface area contributed by atoms with Crippen LogP contribution >= 0.6 is 11.3 Å². The summed E-state index contributed by atoms with van der Waals surface area (Å²) in [6, 6.07) is 1.75. The van der Waals surface area contributed by atoms with Gasteiger partial charge < -0.3 is 15.5 Å². The summed E-state index contributed by atoms with van der Waals surface area (Å²) in [5.74, 6) is -0.853. The van der Waals surface area contributed by atoms with Crippen molar-refractivity contribution in [2.45, 2.75) is 32.7 Å². The van der Waals surface area contributed by atoms with E-state index in [1.165, 1.54) is 24.2 Å². The SMILES string of the molecule is Cc1sc(C(=O)O)cc1CNCC1(CCO)CC1. The van der Waals surface area contributed by atoms with E-state index < -0.39 is 5.97 Å². The van der Waals surface area contributed by atoms with Gasteiger partial charge in [0, 0.05) is 24.6 Å². The van der Waals surface area contributed by atoms with Crippen LogP contribution in [0.2, 0.25) is 0 Å². The molecule has 5 heteroatoms. The first-order valence-electron chi connectivity index (χ1n) is 6.20. The Labute approximate surface area is 111 Å². The number of aryl methyl sites for hydroxylation is 1. The lowest BCUT2D eigenvalue weighted by Crippen LogP contribution is -2.24. The summed E-state index contributed by atoms with van der Waals surface area (Å²) in [6.07, 6.45) is 3.23. The number of aliphatic hydroxyl groups excluding tert-OH is 1. The Morgan fingerprint density at radius 2 is 2.28 bits per heavy atom. The van der Waals surface area contributed by atoms with Crippen molar-refractivity contribution in [2.24, 2.45) is 5.41 Å². The monoisotopic (exact) mass is 269 g/mol. The molecule has 1 aliphatic rings. The minimum Gasteiger partial charge on any atom is -0.477 e. The average Bonchev–Trinajstić information content (AvgIpc) is 2.96. The Kier molecular flexibility index (Phi) is 4.04. The normalized spacial score (nSPS) is 16.8. The molecule has 0 bridgehead atoms. The molecule has 0 aliphatic heterocycles. The third-order valence-electron chi connectivity index (χ3n) is 3.65. The van der Waals surface area contributed by atoms with Crippen molar-refractivity contribution >= 4 is 17.3 Å². The Morgan fingerprint density at radius 1 is 1.56 bits per heavy atom. The molecular weight excluding hydrogens is 250 g/mol. The lowest BCUT2D eigenvalue weighted by atomic mass is 10.0. The molecule has 0 atom stereocenters. The van der Waals surface area contributed by atoms with E-state index in [0.717, 1.165) is 23.4 Å². The highest BCUT2D eigenvalue weighted by molar-refractivity contribution is 7.14. The number of hydrogen-bond donors (Lipinski definition) is 3. The number of carbonyl (C=O) groups is 1. The summed E-state index contributed by atoms with van der Waals surface area (Å²) >= 11 is 1.33. The number of thiophene rings is 1. The molecule has 2 rings (SSSR count). The van der Waals surface area contributed by atoms with Crippen LogP contribution in [0.4, 0.5) is 0 Å². The first kappa shape index (κ1) is 13.5. The van der Waals surface area contributed by atoms with Gasteiger partial charge in [-0.1, -0.05) is 0 Å². The van der Waals surface area contributed by atoms with Gasteiger partial charge in [0.1, 0.15) is 4.88 Å². The Morgan fingerprint density at radius 3 is 2.78 bits per heavy atom. The van der Waals surface area contributed by atoms with Gasteiger partial charge in [-0.05, 0) is 43.2 Å². The lowest BCUT2D eigenvalue weighted by Gasteiger charge is -2.14. The van der Waals surface area contributed by atoms with Gasteiger partial charge in [-0.25, -0.2) is 4.79 Å². The number of carboxylic acids is 1. The molecule has 0 amide bonds. The minimum absolute atomic E-state index is 0.252. The molecule has 0 radical (unpaired) electrons. The Balaban J connectivity index is 1.85. The molecule has 1 aromatic rings. The molecular formula is C13H19NO3S. The molecule has 1 aromatic heterocycles. The maximum absolute atomic E-state index is 10.9. The van der Waals surface area contributed by atoms with Gasteiger partial charge in [0.2, 0.25) is 0 Å². The average molecular weight is 269 g/mol. The van der Waals surface area contributed by atoms with E-state index in [4.69, 9.17) is 10.2 Å². The molecule has 0 aromatic carbocycles. The first-order valence-corrected chi connectivity index (χ1v) is 7.02. The highest BCUT2D eigenvalue weighted by Gasteiger charge is 2.41. The molecule has 1 fully saturated rings. The Hall–Kier alpha value is -0.910. The number of hydrogen-bond acceptors (Lipinski definition) is 4. The molecule has 0 saturated heterocycles. The molecule has 0 spiro atoms. The van der Waals surface area contributed by atoms with Gasteiger partial charge in [-0.2, -0.15) is 0 Å². The fourth-order valence-electron chi connectivity index (χ4n) is 2.19. The fourth-order valence-corrected chi connectivity index (χ4v) is 3.07. The fraction of sp³-hybridized carbons (Fsp3) is 0.615. The van der Waals surface area contributed by atoms with Gasteiger partial charge in [-0.15, -0.1) is 11.3 Å². The van der Waals surface area contributed by atoms with E-state index in [-0.39, 0.29) is 6.61 Å². The standard InChI is InChI=1S/C13H19NO3S/c1-9-10(6-11(18-9)12(16)17)7-14-8-13(2-3-13)4-5-15/h6,14-15H,2-5,7-8H2,1H3,(H,16,17). The van der Waals surface area contributed by atoms with E-state index in [1.807, 2.05) is 6.92 Å². The maximum Gasteiger partial charge on any atom is 0.345 e. The number of aliphatic hydroxyl groups is 1. The van der Waals surface area contributed by atoms with Crippen LogP contribution in [-0.4, -0.2) is 29.3 Å². The quantitative estimate of drug-likeness (QED) is 0.708. The zero-order chi connectivity index (χ0) is 13.2. The van der Waals surface area contributed by atoms with Crippen molar-refractivity contribution < 1.29 is 15.0 Å². The smallest absolute Gasteiger partial charge is 0.345 e. The van der Waals surface area contributed by atoms with E-state index in [1.54, 1.807) is 6.07 Å². The molecule has 1 heterocycles. The van der Waals surface area contributed by atoms with Crippen molar-refractivity contribution in [2.75, 3.05) is 13.2 Å². The van der Waals surface area contributed by atoms with Crippen LogP contribution in [0, 0.1) is 12.3 Å². The van der Waals surface area contributed by atoms with Crippen LogP contribution in [0.15, 0.2) is 6.07 Å². The second-order valence-corrected chi connectivity index (χ2v) is 6.33. The van der Waals surface area contributed by atoms with Crippen LogP contribution in [0.5, 0.6) is 0 Å².